The lowest BCUT2D eigenvalue weighted by atomic mass is 10.3. The molecule has 0 atom stereocenters. The Bertz CT molecular complexity index is 527. The monoisotopic (exact) mass is 247 g/mol. The van der Waals surface area contributed by atoms with Crippen LogP contribution in [0.4, 0.5) is 0 Å². The van der Waals surface area contributed by atoms with Gasteiger partial charge < -0.3 is 23.8 Å². The van der Waals surface area contributed by atoms with Crippen LogP contribution in [0.5, 0.6) is 11.5 Å². The van der Waals surface area contributed by atoms with Crippen molar-refractivity contribution in [2.75, 3.05) is 7.11 Å². The molecule has 1 heterocycles. The second kappa shape index (κ2) is 5.27. The highest BCUT2D eigenvalue weighted by atomic mass is 16.5. The Morgan fingerprint density at radius 1 is 1.28 bits per heavy atom. The highest BCUT2D eigenvalue weighted by Gasteiger charge is 2.03. The molecule has 0 aliphatic rings. The van der Waals surface area contributed by atoms with Crippen molar-refractivity contribution in [1.29, 1.82) is 0 Å². The molecular weight excluding hydrogens is 236 g/mol. The van der Waals surface area contributed by atoms with Gasteiger partial charge in [-0.15, -0.1) is 0 Å². The molecule has 0 N–H and O–H groups in total. The number of carbonyl (C=O) groups is 1. The molecule has 0 bridgehead atoms. The molecule has 0 spiro atoms. The Labute approximate surface area is 104 Å². The lowest BCUT2D eigenvalue weighted by molar-refractivity contribution is -0.255. The van der Waals surface area contributed by atoms with Crippen LogP contribution in [0.2, 0.25) is 0 Å². The quantitative estimate of drug-likeness (QED) is 0.794. The van der Waals surface area contributed by atoms with Crippen LogP contribution < -0.4 is 14.6 Å². The lowest BCUT2D eigenvalue weighted by Gasteiger charge is -2.05. The third kappa shape index (κ3) is 2.82. The van der Waals surface area contributed by atoms with Crippen LogP contribution in [0.15, 0.2) is 41.0 Å². The summed E-state index contributed by atoms with van der Waals surface area (Å²) in [6.07, 6.45) is 1.13. The van der Waals surface area contributed by atoms with Gasteiger partial charge in [-0.2, -0.15) is 0 Å². The molecule has 0 amide bonds. The number of hydrogen-bond donors (Lipinski definition) is 0. The molecule has 0 saturated carbocycles. The van der Waals surface area contributed by atoms with Gasteiger partial charge in [0.25, 0.3) is 0 Å². The van der Waals surface area contributed by atoms with Gasteiger partial charge in [0.15, 0.2) is 0 Å². The summed E-state index contributed by atoms with van der Waals surface area (Å²) in [5, 5.41) is 10.5. The minimum absolute atomic E-state index is 0.00308. The lowest BCUT2D eigenvalue weighted by Crippen LogP contribution is -2.21. The SMILES string of the molecule is COc1ccc(OCc2cc(C(=O)[O-])co2)cc1. The van der Waals surface area contributed by atoms with Crippen molar-refractivity contribution in [3.63, 3.8) is 0 Å². The number of hydrogen-bond acceptors (Lipinski definition) is 5. The summed E-state index contributed by atoms with van der Waals surface area (Å²) in [4.78, 5) is 10.5. The van der Waals surface area contributed by atoms with Crippen LogP contribution in [-0.4, -0.2) is 13.1 Å². The van der Waals surface area contributed by atoms with E-state index < -0.39 is 5.97 Å². The van der Waals surface area contributed by atoms with Crippen molar-refractivity contribution in [3.8, 4) is 11.5 Å². The molecule has 5 heteroatoms. The zero-order valence-corrected chi connectivity index (χ0v) is 9.71. The first kappa shape index (κ1) is 12.0. The Hall–Kier alpha value is -2.43. The molecule has 18 heavy (non-hydrogen) atoms. The van der Waals surface area contributed by atoms with Crippen molar-refractivity contribution in [3.05, 3.63) is 47.9 Å². The van der Waals surface area contributed by atoms with Gasteiger partial charge in [-0.3, -0.25) is 0 Å². The van der Waals surface area contributed by atoms with Crippen LogP contribution in [-0.2, 0) is 6.61 Å². The molecular formula is C13H11O5-. The number of methoxy groups -OCH3 is 1. The fourth-order valence-electron chi connectivity index (χ4n) is 1.39. The summed E-state index contributed by atoms with van der Waals surface area (Å²) in [5.74, 6) is 0.529. The van der Waals surface area contributed by atoms with Gasteiger partial charge in [0.2, 0.25) is 0 Å². The molecule has 1 aromatic heterocycles. The number of benzene rings is 1. The second-order valence-corrected chi connectivity index (χ2v) is 3.55. The Morgan fingerprint density at radius 3 is 2.50 bits per heavy atom. The van der Waals surface area contributed by atoms with E-state index in [-0.39, 0.29) is 12.2 Å². The molecule has 0 fully saturated rings. The maximum atomic E-state index is 10.5. The largest absolute Gasteiger partial charge is 0.545 e. The summed E-state index contributed by atoms with van der Waals surface area (Å²) in [6.45, 7) is 0.152. The second-order valence-electron chi connectivity index (χ2n) is 3.55. The van der Waals surface area contributed by atoms with Crippen LogP contribution in [0, 0.1) is 0 Å². The smallest absolute Gasteiger partial charge is 0.146 e. The van der Waals surface area contributed by atoms with Gasteiger partial charge >= 0.3 is 0 Å². The molecule has 0 aliphatic heterocycles. The molecule has 0 radical (unpaired) electrons. The number of carboxylic acid groups (broad SMARTS) is 1. The van der Waals surface area contributed by atoms with Crippen molar-refractivity contribution in [1.82, 2.24) is 0 Å². The summed E-state index contributed by atoms with van der Waals surface area (Å²) < 4.78 is 15.5. The summed E-state index contributed by atoms with van der Waals surface area (Å²) in [6, 6.07) is 8.41. The molecule has 94 valence electrons. The minimum atomic E-state index is -1.27. The third-order valence-electron chi connectivity index (χ3n) is 2.33. The predicted molar refractivity (Wildman–Crippen MR) is 60.4 cm³/mol. The first-order valence-corrected chi connectivity index (χ1v) is 5.24. The maximum absolute atomic E-state index is 10.5. The first-order valence-electron chi connectivity index (χ1n) is 5.24. The standard InChI is InChI=1S/C13H12O5/c1-16-10-2-4-11(5-3-10)18-8-12-6-9(7-17-12)13(14)15/h2-7H,8H2,1H3,(H,14,15)/p-1. The van der Waals surface area contributed by atoms with Gasteiger partial charge in [0.1, 0.15) is 23.9 Å². The average molecular weight is 247 g/mol. The topological polar surface area (TPSA) is 71.7 Å². The van der Waals surface area contributed by atoms with E-state index >= 15 is 0 Å². The van der Waals surface area contributed by atoms with E-state index in [2.05, 4.69) is 0 Å². The third-order valence-corrected chi connectivity index (χ3v) is 2.33. The molecule has 0 aliphatic carbocycles. The first-order chi connectivity index (χ1) is 8.69. The molecule has 5 nitrogen and oxygen atoms in total. The zero-order valence-electron chi connectivity index (χ0n) is 9.71. The van der Waals surface area contributed by atoms with Crippen LogP contribution in [0.3, 0.4) is 0 Å². The van der Waals surface area contributed by atoms with E-state index in [9.17, 15) is 9.90 Å². The van der Waals surface area contributed by atoms with E-state index in [1.54, 1.807) is 31.4 Å². The highest BCUT2D eigenvalue weighted by Crippen LogP contribution is 2.18. The Kier molecular flexibility index (Phi) is 3.52. The van der Waals surface area contributed by atoms with Gasteiger partial charge in [-0.05, 0) is 30.3 Å². The van der Waals surface area contributed by atoms with Crippen LogP contribution >= 0.6 is 0 Å². The van der Waals surface area contributed by atoms with Gasteiger partial charge in [0.05, 0.1) is 19.3 Å². The predicted octanol–water partition coefficient (Wildman–Crippen LogP) is 1.23. The molecule has 2 rings (SSSR count). The van der Waals surface area contributed by atoms with E-state index in [1.807, 2.05) is 0 Å². The van der Waals surface area contributed by atoms with E-state index in [0.717, 1.165) is 12.0 Å². The summed E-state index contributed by atoms with van der Waals surface area (Å²) in [7, 11) is 1.58. The maximum Gasteiger partial charge on any atom is 0.146 e. The molecule has 2 aromatic rings. The van der Waals surface area contributed by atoms with E-state index in [1.165, 1.54) is 6.07 Å². The number of rotatable bonds is 5. The van der Waals surface area contributed by atoms with Crippen LogP contribution in [0.1, 0.15) is 16.1 Å². The van der Waals surface area contributed by atoms with E-state index in [0.29, 0.717) is 11.5 Å². The van der Waals surface area contributed by atoms with Gasteiger partial charge in [0, 0.05) is 5.56 Å². The summed E-state index contributed by atoms with van der Waals surface area (Å²) >= 11 is 0. The summed E-state index contributed by atoms with van der Waals surface area (Å²) in [5.41, 5.74) is 0.00308. The number of furan rings is 1. The normalized spacial score (nSPS) is 10.1. The fraction of sp³-hybridized carbons (Fsp3) is 0.154. The Morgan fingerprint density at radius 2 is 1.94 bits per heavy atom. The van der Waals surface area contributed by atoms with Crippen molar-refractivity contribution < 1.29 is 23.8 Å². The number of carbonyl (C=O) groups excluding carboxylic acids is 1. The van der Waals surface area contributed by atoms with Crippen molar-refractivity contribution in [2.45, 2.75) is 6.61 Å². The van der Waals surface area contributed by atoms with Crippen molar-refractivity contribution in [2.24, 2.45) is 0 Å². The van der Waals surface area contributed by atoms with Gasteiger partial charge in [-0.1, -0.05) is 0 Å². The fourth-order valence-corrected chi connectivity index (χ4v) is 1.39. The highest BCUT2D eigenvalue weighted by molar-refractivity contribution is 5.85. The van der Waals surface area contributed by atoms with E-state index in [4.69, 9.17) is 13.9 Å². The zero-order chi connectivity index (χ0) is 13.0. The number of carboxylic acids is 1. The van der Waals surface area contributed by atoms with Gasteiger partial charge in [-0.25, -0.2) is 0 Å². The molecule has 1 aromatic carbocycles. The van der Waals surface area contributed by atoms with Crippen LogP contribution in [0.25, 0.3) is 0 Å². The minimum Gasteiger partial charge on any atom is -0.545 e. The number of aromatic carboxylic acids is 1. The average Bonchev–Trinajstić information content (AvgIpc) is 2.86. The Balaban J connectivity index is 1.95. The molecule has 0 saturated heterocycles. The number of ether oxygens (including phenoxy) is 2. The molecule has 0 unspecified atom stereocenters. The van der Waals surface area contributed by atoms with Crippen molar-refractivity contribution >= 4 is 5.97 Å².